The van der Waals surface area contributed by atoms with Crippen LogP contribution < -0.4 is 0 Å². The fourth-order valence-corrected chi connectivity index (χ4v) is 1.92. The molecule has 2 rings (SSSR count). The van der Waals surface area contributed by atoms with Crippen molar-refractivity contribution in [3.63, 3.8) is 0 Å². The molecule has 0 aliphatic heterocycles. The molecule has 0 fully saturated rings. The molecule has 0 aliphatic rings. The molecular weight excluding hydrogens is 223 g/mol. The van der Waals surface area contributed by atoms with Crippen LogP contribution in [0, 0.1) is 19.7 Å². The maximum absolute atomic E-state index is 13.7. The molecule has 0 N–H and O–H groups in total. The zero-order valence-corrected chi connectivity index (χ0v) is 9.98. The van der Waals surface area contributed by atoms with Crippen LogP contribution in [0.4, 0.5) is 4.39 Å². The molecule has 0 amide bonds. The zero-order chi connectivity index (χ0) is 11.7. The van der Waals surface area contributed by atoms with Gasteiger partial charge in [0.25, 0.3) is 0 Å². The van der Waals surface area contributed by atoms with Crippen molar-refractivity contribution in [3.05, 3.63) is 58.4 Å². The van der Waals surface area contributed by atoms with Gasteiger partial charge in [0.2, 0.25) is 0 Å². The highest BCUT2D eigenvalue weighted by Crippen LogP contribution is 2.29. The molecule has 0 radical (unpaired) electrons. The van der Waals surface area contributed by atoms with Gasteiger partial charge in [-0.15, -0.1) is 0 Å². The van der Waals surface area contributed by atoms with Crippen molar-refractivity contribution in [2.24, 2.45) is 0 Å². The van der Waals surface area contributed by atoms with Gasteiger partial charge >= 0.3 is 0 Å². The van der Waals surface area contributed by atoms with Gasteiger partial charge in [0.05, 0.1) is 0 Å². The first-order valence-corrected chi connectivity index (χ1v) is 5.49. The summed E-state index contributed by atoms with van der Waals surface area (Å²) in [5, 5.41) is 0.706. The Morgan fingerprint density at radius 2 is 1.75 bits per heavy atom. The SMILES string of the molecule is Cc1cc(-c2c(C)cccc2F)ccc1Cl. The smallest absolute Gasteiger partial charge is 0.131 e. The summed E-state index contributed by atoms with van der Waals surface area (Å²) in [5.41, 5.74) is 3.42. The highest BCUT2D eigenvalue weighted by atomic mass is 35.5. The predicted molar refractivity (Wildman–Crippen MR) is 66.3 cm³/mol. The average molecular weight is 235 g/mol. The van der Waals surface area contributed by atoms with Crippen molar-refractivity contribution < 1.29 is 4.39 Å². The van der Waals surface area contributed by atoms with Gasteiger partial charge in [-0.1, -0.05) is 29.8 Å². The van der Waals surface area contributed by atoms with E-state index in [0.29, 0.717) is 10.6 Å². The fourth-order valence-electron chi connectivity index (χ4n) is 1.80. The Morgan fingerprint density at radius 1 is 1.00 bits per heavy atom. The first-order valence-electron chi connectivity index (χ1n) is 5.11. The highest BCUT2D eigenvalue weighted by Gasteiger charge is 2.08. The number of rotatable bonds is 1. The van der Waals surface area contributed by atoms with Gasteiger partial charge < -0.3 is 0 Å². The van der Waals surface area contributed by atoms with Gasteiger partial charge in [0.1, 0.15) is 5.82 Å². The van der Waals surface area contributed by atoms with E-state index in [9.17, 15) is 4.39 Å². The molecular formula is C14H12ClF. The Kier molecular flexibility index (Phi) is 2.97. The third kappa shape index (κ3) is 1.96. The molecule has 2 aromatic carbocycles. The third-order valence-corrected chi connectivity index (χ3v) is 3.09. The van der Waals surface area contributed by atoms with E-state index in [2.05, 4.69) is 0 Å². The van der Waals surface area contributed by atoms with Crippen LogP contribution in [0.3, 0.4) is 0 Å². The summed E-state index contributed by atoms with van der Waals surface area (Å²) in [6, 6.07) is 10.7. The molecule has 0 saturated heterocycles. The maximum Gasteiger partial charge on any atom is 0.131 e. The lowest BCUT2D eigenvalue weighted by Gasteiger charge is -2.08. The Morgan fingerprint density at radius 3 is 2.38 bits per heavy atom. The van der Waals surface area contributed by atoms with Crippen LogP contribution in [-0.2, 0) is 0 Å². The van der Waals surface area contributed by atoms with Crippen molar-refractivity contribution in [1.82, 2.24) is 0 Å². The van der Waals surface area contributed by atoms with Crippen molar-refractivity contribution in [2.45, 2.75) is 13.8 Å². The standard InChI is InChI=1S/C14H12ClF/c1-9-4-3-5-13(16)14(9)11-6-7-12(15)10(2)8-11/h3-8H,1-2H3. The van der Waals surface area contributed by atoms with Crippen LogP contribution in [-0.4, -0.2) is 0 Å². The monoisotopic (exact) mass is 234 g/mol. The van der Waals surface area contributed by atoms with Crippen molar-refractivity contribution in [2.75, 3.05) is 0 Å². The first kappa shape index (κ1) is 11.2. The van der Waals surface area contributed by atoms with Crippen LogP contribution >= 0.6 is 11.6 Å². The number of halogens is 2. The molecule has 0 saturated carbocycles. The summed E-state index contributed by atoms with van der Waals surface area (Å²) in [6.45, 7) is 3.82. The average Bonchev–Trinajstić information content (AvgIpc) is 2.23. The van der Waals surface area contributed by atoms with Crippen LogP contribution in [0.1, 0.15) is 11.1 Å². The van der Waals surface area contributed by atoms with E-state index in [4.69, 9.17) is 11.6 Å². The Labute approximate surface area is 99.7 Å². The van der Waals surface area contributed by atoms with Crippen LogP contribution in [0.5, 0.6) is 0 Å². The van der Waals surface area contributed by atoms with E-state index in [-0.39, 0.29) is 5.82 Å². The molecule has 2 heteroatoms. The second kappa shape index (κ2) is 4.26. The first-order chi connectivity index (χ1) is 7.59. The van der Waals surface area contributed by atoms with Gasteiger partial charge in [-0.25, -0.2) is 4.39 Å². The summed E-state index contributed by atoms with van der Waals surface area (Å²) in [6.07, 6.45) is 0. The number of hydrogen-bond acceptors (Lipinski definition) is 0. The summed E-state index contributed by atoms with van der Waals surface area (Å²) < 4.78 is 13.7. The van der Waals surface area contributed by atoms with E-state index in [1.807, 2.05) is 32.0 Å². The van der Waals surface area contributed by atoms with Gasteiger partial charge in [-0.2, -0.15) is 0 Å². The van der Waals surface area contributed by atoms with Crippen LogP contribution in [0.25, 0.3) is 11.1 Å². The largest absolute Gasteiger partial charge is 0.206 e. The molecule has 16 heavy (non-hydrogen) atoms. The lowest BCUT2D eigenvalue weighted by atomic mass is 9.98. The van der Waals surface area contributed by atoms with E-state index in [0.717, 1.165) is 16.7 Å². The van der Waals surface area contributed by atoms with E-state index < -0.39 is 0 Å². The van der Waals surface area contributed by atoms with Gasteiger partial charge in [-0.3, -0.25) is 0 Å². The number of benzene rings is 2. The lowest BCUT2D eigenvalue weighted by Crippen LogP contribution is -1.89. The van der Waals surface area contributed by atoms with Crippen molar-refractivity contribution in [1.29, 1.82) is 0 Å². The second-order valence-corrected chi connectivity index (χ2v) is 4.30. The minimum atomic E-state index is -0.193. The third-order valence-electron chi connectivity index (χ3n) is 2.67. The molecule has 0 unspecified atom stereocenters. The van der Waals surface area contributed by atoms with Crippen molar-refractivity contribution >= 4 is 11.6 Å². The molecule has 0 atom stereocenters. The van der Waals surface area contributed by atoms with Crippen LogP contribution in [0.2, 0.25) is 5.02 Å². The molecule has 0 nitrogen and oxygen atoms in total. The molecule has 0 bridgehead atoms. The Bertz CT molecular complexity index is 512. The van der Waals surface area contributed by atoms with E-state index in [1.54, 1.807) is 12.1 Å². The van der Waals surface area contributed by atoms with Gasteiger partial charge in [-0.05, 0) is 48.7 Å². The summed E-state index contributed by atoms with van der Waals surface area (Å²) in [4.78, 5) is 0. The van der Waals surface area contributed by atoms with Gasteiger partial charge in [0.15, 0.2) is 0 Å². The molecule has 2 aromatic rings. The van der Waals surface area contributed by atoms with Gasteiger partial charge in [0, 0.05) is 10.6 Å². The summed E-state index contributed by atoms with van der Waals surface area (Å²) in [7, 11) is 0. The minimum absolute atomic E-state index is 0.193. The molecule has 0 spiro atoms. The quantitative estimate of drug-likeness (QED) is 0.667. The Balaban J connectivity index is 2.63. The van der Waals surface area contributed by atoms with Crippen molar-refractivity contribution in [3.8, 4) is 11.1 Å². The normalized spacial score (nSPS) is 10.5. The highest BCUT2D eigenvalue weighted by molar-refractivity contribution is 6.31. The molecule has 0 aromatic heterocycles. The molecule has 0 aliphatic carbocycles. The summed E-state index contributed by atoms with van der Waals surface area (Å²) in [5.74, 6) is -0.193. The lowest BCUT2D eigenvalue weighted by molar-refractivity contribution is 0.630. The number of hydrogen-bond donors (Lipinski definition) is 0. The molecule has 0 heterocycles. The topological polar surface area (TPSA) is 0 Å². The van der Waals surface area contributed by atoms with E-state index >= 15 is 0 Å². The maximum atomic E-state index is 13.7. The van der Waals surface area contributed by atoms with E-state index in [1.165, 1.54) is 6.07 Å². The predicted octanol–water partition coefficient (Wildman–Crippen LogP) is 4.76. The Hall–Kier alpha value is -1.34. The number of aryl methyl sites for hydroxylation is 2. The zero-order valence-electron chi connectivity index (χ0n) is 9.22. The minimum Gasteiger partial charge on any atom is -0.206 e. The fraction of sp³-hybridized carbons (Fsp3) is 0.143. The molecule has 82 valence electrons. The summed E-state index contributed by atoms with van der Waals surface area (Å²) >= 11 is 5.95. The second-order valence-electron chi connectivity index (χ2n) is 3.90. The van der Waals surface area contributed by atoms with Crippen LogP contribution in [0.15, 0.2) is 36.4 Å².